The van der Waals surface area contributed by atoms with E-state index in [1.807, 2.05) is 7.05 Å². The molecular formula is C31H22N2O. The molecular weight excluding hydrogens is 416 g/mol. The summed E-state index contributed by atoms with van der Waals surface area (Å²) >= 11 is 0. The van der Waals surface area contributed by atoms with Gasteiger partial charge in [0.25, 0.3) is 0 Å². The fraction of sp³-hybridized carbons (Fsp3) is 0.0323. The summed E-state index contributed by atoms with van der Waals surface area (Å²) in [4.78, 5) is 0. The Morgan fingerprint density at radius 1 is 0.588 bits per heavy atom. The molecule has 0 spiro atoms. The zero-order valence-corrected chi connectivity index (χ0v) is 18.7. The van der Waals surface area contributed by atoms with E-state index in [-0.39, 0.29) is 0 Å². The molecule has 162 valence electrons. The Hall–Kier alpha value is -4.50. The molecule has 3 heteroatoms. The van der Waals surface area contributed by atoms with Crippen molar-refractivity contribution in [3.05, 3.63) is 109 Å². The number of nitrogens with one attached hydrogen (secondary N) is 1. The molecule has 0 saturated carbocycles. The van der Waals surface area contributed by atoms with Gasteiger partial charge >= 0.3 is 0 Å². The second-order valence-electron chi connectivity index (χ2n) is 8.66. The Balaban J connectivity index is 1.50. The smallest absolute Gasteiger partial charge is 0.137 e. The maximum atomic E-state index is 6.16. The predicted molar refractivity (Wildman–Crippen MR) is 143 cm³/mol. The topological polar surface area (TPSA) is 30.1 Å². The van der Waals surface area contributed by atoms with E-state index in [4.69, 9.17) is 4.42 Å². The van der Waals surface area contributed by atoms with Gasteiger partial charge in [-0.05, 0) is 48.0 Å². The standard InChI is InChI=1S/C31H22N2O/c1-32-21-15-16-25-26-18-20(14-17-30(26)34-31(25)19-21)22-8-2-5-11-27(22)33-28-12-6-3-9-23(28)24-10-4-7-13-29(24)33/h2-19,32H,1H3. The number of rotatable bonds is 3. The number of nitrogens with zero attached hydrogens (tertiary/aromatic N) is 1. The lowest BCUT2D eigenvalue weighted by molar-refractivity contribution is 0.669. The molecule has 2 heterocycles. The Kier molecular flexibility index (Phi) is 4.06. The molecule has 0 unspecified atom stereocenters. The van der Waals surface area contributed by atoms with E-state index >= 15 is 0 Å². The molecule has 0 aliphatic carbocycles. The van der Waals surface area contributed by atoms with Crippen molar-refractivity contribution in [2.45, 2.75) is 0 Å². The number of anilines is 1. The normalized spacial score (nSPS) is 11.7. The Morgan fingerprint density at radius 2 is 1.29 bits per heavy atom. The maximum absolute atomic E-state index is 6.16. The second-order valence-corrected chi connectivity index (χ2v) is 8.66. The van der Waals surface area contributed by atoms with Crippen molar-refractivity contribution in [1.29, 1.82) is 0 Å². The first-order chi connectivity index (χ1) is 16.8. The lowest BCUT2D eigenvalue weighted by atomic mass is 10.0. The SMILES string of the molecule is CNc1ccc2c(c1)oc1ccc(-c3ccccc3-n3c4ccccc4c4ccccc43)cc12. The van der Waals surface area contributed by atoms with Gasteiger partial charge in [-0.25, -0.2) is 0 Å². The summed E-state index contributed by atoms with van der Waals surface area (Å²) in [6, 6.07) is 38.7. The molecule has 3 nitrogen and oxygen atoms in total. The number of hydrogen-bond donors (Lipinski definition) is 1. The third-order valence-corrected chi connectivity index (χ3v) is 6.80. The number of aromatic nitrogens is 1. The summed E-state index contributed by atoms with van der Waals surface area (Å²) in [6.45, 7) is 0. The first kappa shape index (κ1) is 19.0. The van der Waals surface area contributed by atoms with Gasteiger partial charge in [-0.3, -0.25) is 0 Å². The van der Waals surface area contributed by atoms with E-state index in [1.165, 1.54) is 38.6 Å². The number of furan rings is 1. The molecule has 7 aromatic rings. The largest absolute Gasteiger partial charge is 0.456 e. The van der Waals surface area contributed by atoms with Gasteiger partial charge in [0.05, 0.1) is 16.7 Å². The minimum atomic E-state index is 0.898. The van der Waals surface area contributed by atoms with Crippen LogP contribution in [-0.4, -0.2) is 11.6 Å². The molecule has 0 atom stereocenters. The van der Waals surface area contributed by atoms with E-state index in [2.05, 4.69) is 119 Å². The first-order valence-electron chi connectivity index (χ1n) is 11.5. The van der Waals surface area contributed by atoms with Crippen molar-refractivity contribution >= 4 is 49.4 Å². The highest BCUT2D eigenvalue weighted by molar-refractivity contribution is 6.10. The molecule has 1 N–H and O–H groups in total. The third kappa shape index (κ3) is 2.70. The molecule has 7 rings (SSSR count). The van der Waals surface area contributed by atoms with Crippen molar-refractivity contribution in [3.8, 4) is 16.8 Å². The van der Waals surface area contributed by atoms with Crippen LogP contribution < -0.4 is 5.32 Å². The van der Waals surface area contributed by atoms with Crippen LogP contribution in [0.5, 0.6) is 0 Å². The van der Waals surface area contributed by atoms with Crippen LogP contribution in [0.3, 0.4) is 0 Å². The molecule has 0 amide bonds. The number of fused-ring (bicyclic) bond motifs is 6. The summed E-state index contributed by atoms with van der Waals surface area (Å²) in [6.07, 6.45) is 0. The van der Waals surface area contributed by atoms with Gasteiger partial charge in [0.15, 0.2) is 0 Å². The fourth-order valence-electron chi connectivity index (χ4n) is 5.20. The Bertz CT molecular complexity index is 1800. The average Bonchev–Trinajstić information content (AvgIpc) is 3.43. The van der Waals surface area contributed by atoms with Gasteiger partial charge in [-0.15, -0.1) is 0 Å². The molecule has 0 aliphatic heterocycles. The average molecular weight is 439 g/mol. The lowest BCUT2D eigenvalue weighted by Gasteiger charge is -2.14. The third-order valence-electron chi connectivity index (χ3n) is 6.80. The minimum Gasteiger partial charge on any atom is -0.456 e. The van der Waals surface area contributed by atoms with Crippen LogP contribution >= 0.6 is 0 Å². The van der Waals surface area contributed by atoms with Crippen molar-refractivity contribution in [2.24, 2.45) is 0 Å². The van der Waals surface area contributed by atoms with Gasteiger partial charge in [-0.2, -0.15) is 0 Å². The van der Waals surface area contributed by atoms with Crippen molar-refractivity contribution in [3.63, 3.8) is 0 Å². The van der Waals surface area contributed by atoms with Crippen LogP contribution in [0.25, 0.3) is 60.6 Å². The Morgan fingerprint density at radius 3 is 2.06 bits per heavy atom. The fourth-order valence-corrected chi connectivity index (χ4v) is 5.20. The van der Waals surface area contributed by atoms with E-state index in [0.717, 1.165) is 27.6 Å². The van der Waals surface area contributed by atoms with Crippen LogP contribution in [0, 0.1) is 0 Å². The predicted octanol–water partition coefficient (Wildman–Crippen LogP) is 8.39. The first-order valence-corrected chi connectivity index (χ1v) is 11.5. The van der Waals surface area contributed by atoms with Gasteiger partial charge in [0.1, 0.15) is 11.2 Å². The van der Waals surface area contributed by atoms with Crippen molar-refractivity contribution < 1.29 is 4.42 Å². The van der Waals surface area contributed by atoms with Crippen LogP contribution in [0.15, 0.2) is 114 Å². The van der Waals surface area contributed by atoms with E-state index in [0.29, 0.717) is 0 Å². The monoisotopic (exact) mass is 438 g/mol. The highest BCUT2D eigenvalue weighted by Gasteiger charge is 2.16. The van der Waals surface area contributed by atoms with Crippen LogP contribution in [-0.2, 0) is 0 Å². The van der Waals surface area contributed by atoms with E-state index < -0.39 is 0 Å². The zero-order valence-electron chi connectivity index (χ0n) is 18.7. The Labute approximate surface area is 196 Å². The summed E-state index contributed by atoms with van der Waals surface area (Å²) < 4.78 is 8.54. The molecule has 34 heavy (non-hydrogen) atoms. The number of hydrogen-bond acceptors (Lipinski definition) is 2. The highest BCUT2D eigenvalue weighted by Crippen LogP contribution is 2.38. The van der Waals surface area contributed by atoms with Crippen LogP contribution in [0.2, 0.25) is 0 Å². The van der Waals surface area contributed by atoms with Crippen molar-refractivity contribution in [2.75, 3.05) is 12.4 Å². The molecule has 0 aliphatic rings. The number of para-hydroxylation sites is 3. The molecule has 2 aromatic heterocycles. The van der Waals surface area contributed by atoms with E-state index in [1.54, 1.807) is 0 Å². The molecule has 0 radical (unpaired) electrons. The molecule has 0 fully saturated rings. The molecule has 0 saturated heterocycles. The second kappa shape index (κ2) is 7.26. The molecule has 5 aromatic carbocycles. The summed E-state index contributed by atoms with van der Waals surface area (Å²) in [5.41, 5.74) is 8.81. The van der Waals surface area contributed by atoms with E-state index in [9.17, 15) is 0 Å². The zero-order chi connectivity index (χ0) is 22.6. The molecule has 0 bridgehead atoms. The summed E-state index contributed by atoms with van der Waals surface area (Å²) in [7, 11) is 1.92. The van der Waals surface area contributed by atoms with Gasteiger partial charge in [0, 0.05) is 45.9 Å². The lowest BCUT2D eigenvalue weighted by Crippen LogP contribution is -1.96. The van der Waals surface area contributed by atoms with Gasteiger partial charge in [-0.1, -0.05) is 60.7 Å². The van der Waals surface area contributed by atoms with Crippen LogP contribution in [0.1, 0.15) is 0 Å². The number of benzene rings is 5. The van der Waals surface area contributed by atoms with Crippen molar-refractivity contribution in [1.82, 2.24) is 4.57 Å². The van der Waals surface area contributed by atoms with Gasteiger partial charge in [0.2, 0.25) is 0 Å². The summed E-state index contributed by atoms with van der Waals surface area (Å²) in [5, 5.41) is 7.99. The quantitative estimate of drug-likeness (QED) is 0.300. The highest BCUT2D eigenvalue weighted by atomic mass is 16.3. The van der Waals surface area contributed by atoms with Crippen LogP contribution in [0.4, 0.5) is 5.69 Å². The van der Waals surface area contributed by atoms with Gasteiger partial charge < -0.3 is 14.3 Å². The maximum Gasteiger partial charge on any atom is 0.137 e. The minimum absolute atomic E-state index is 0.898. The summed E-state index contributed by atoms with van der Waals surface area (Å²) in [5.74, 6) is 0.